The average molecular weight is 535 g/mol. The summed E-state index contributed by atoms with van der Waals surface area (Å²) in [6.45, 7) is 13.9. The molecule has 0 aliphatic rings. The van der Waals surface area contributed by atoms with Gasteiger partial charge in [-0.2, -0.15) is 0 Å². The average Bonchev–Trinajstić information content (AvgIpc) is 2.74. The number of hydrogen-bond donors (Lipinski definition) is 1. The number of hydrogen-bond acceptors (Lipinski definition) is 1. The van der Waals surface area contributed by atoms with E-state index in [9.17, 15) is 3.44 Å². The van der Waals surface area contributed by atoms with Gasteiger partial charge in [0, 0.05) is 0 Å². The number of rotatable bonds is 9. The zero-order valence-electron chi connectivity index (χ0n) is 20.7. The monoisotopic (exact) mass is 536 g/mol. The van der Waals surface area contributed by atoms with E-state index in [1.807, 2.05) is 0 Å². The summed E-state index contributed by atoms with van der Waals surface area (Å²) < 4.78 is 15.4. The molecule has 3 aromatic carbocycles. The second-order valence-corrected chi connectivity index (χ2v) is 21.5. The molecule has 0 fully saturated rings. The maximum absolute atomic E-state index is 12.6. The van der Waals surface area contributed by atoms with E-state index in [-0.39, 0.29) is 16.2 Å². The van der Waals surface area contributed by atoms with E-state index in [1.165, 1.54) is 16.7 Å². The fourth-order valence-corrected chi connectivity index (χ4v) is 22.5. The van der Waals surface area contributed by atoms with E-state index in [4.69, 9.17) is 0 Å². The first kappa shape index (κ1) is 25.0. The molecule has 170 valence electrons. The number of benzene rings is 3. The van der Waals surface area contributed by atoms with Crippen molar-refractivity contribution in [3.8, 4) is 0 Å². The van der Waals surface area contributed by atoms with Gasteiger partial charge in [0.2, 0.25) is 0 Å². The van der Waals surface area contributed by atoms with E-state index in [0.29, 0.717) is 0 Å². The van der Waals surface area contributed by atoms with Crippen molar-refractivity contribution in [2.24, 2.45) is 0 Å². The predicted octanol–water partition coefficient (Wildman–Crippen LogP) is 7.86. The van der Waals surface area contributed by atoms with Crippen molar-refractivity contribution < 1.29 is 3.44 Å². The summed E-state index contributed by atoms with van der Waals surface area (Å²) in [5.74, 6) is 0. The molecular weight excluding hydrogens is 495 g/mol. The molecule has 0 aromatic heterocycles. The summed E-state index contributed by atoms with van der Waals surface area (Å²) in [6, 6.07) is 32.3. The summed E-state index contributed by atoms with van der Waals surface area (Å²) in [5, 5.41) is 0. The normalized spacial score (nSPS) is 13.2. The van der Waals surface area contributed by atoms with Gasteiger partial charge in [0.15, 0.2) is 0 Å². The van der Waals surface area contributed by atoms with Gasteiger partial charge in [0.25, 0.3) is 0 Å². The fraction of sp³-hybridized carbons (Fsp3) is 0.400. The van der Waals surface area contributed by atoms with Gasteiger partial charge in [-0.1, -0.05) is 0 Å². The molecule has 2 heteroatoms. The van der Waals surface area contributed by atoms with Crippen molar-refractivity contribution in [1.82, 2.24) is 0 Å². The van der Waals surface area contributed by atoms with Crippen molar-refractivity contribution in [2.75, 3.05) is 0 Å². The van der Waals surface area contributed by atoms with Crippen molar-refractivity contribution >= 4 is 18.8 Å². The molecule has 0 atom stereocenters. The first-order valence-corrected chi connectivity index (χ1v) is 19.2. The summed E-state index contributed by atoms with van der Waals surface area (Å²) in [5.41, 5.74) is 3.82. The first-order chi connectivity index (χ1) is 14.9. The van der Waals surface area contributed by atoms with Crippen LogP contribution in [0.5, 0.6) is 0 Å². The molecule has 0 aliphatic carbocycles. The van der Waals surface area contributed by atoms with Crippen LogP contribution < -0.4 is 0 Å². The van der Waals surface area contributed by atoms with E-state index in [2.05, 4.69) is 133 Å². The van der Waals surface area contributed by atoms with Crippen LogP contribution in [0.2, 0.25) is 13.3 Å². The molecule has 0 saturated carbocycles. The molecule has 32 heavy (non-hydrogen) atoms. The molecule has 1 N–H and O–H groups in total. The van der Waals surface area contributed by atoms with Crippen LogP contribution >= 0.6 is 0 Å². The standard InChI is InChI=1S/3C10H13.H2O.Sn/c3*1-10(2,3)9-7-5-4-6-8-9;;/h3*4-8H,1H2,2-3H3;1H2;/q;;;;+1/p-1. The first-order valence-electron chi connectivity index (χ1n) is 11.8. The summed E-state index contributed by atoms with van der Waals surface area (Å²) in [7, 11) is 0. The summed E-state index contributed by atoms with van der Waals surface area (Å²) in [4.78, 5) is 0. The third kappa shape index (κ3) is 6.26. The molecule has 0 unspecified atom stereocenters. The molecule has 0 aliphatic heterocycles. The quantitative estimate of drug-likeness (QED) is 0.277. The molecule has 0 saturated heterocycles. The van der Waals surface area contributed by atoms with Crippen molar-refractivity contribution in [3.63, 3.8) is 0 Å². The van der Waals surface area contributed by atoms with E-state index < -0.39 is 18.8 Å². The Kier molecular flexibility index (Phi) is 7.62. The molecular formula is C30H40OSn. The van der Waals surface area contributed by atoms with E-state index in [0.717, 1.165) is 13.3 Å². The van der Waals surface area contributed by atoms with Gasteiger partial charge in [0.1, 0.15) is 0 Å². The summed E-state index contributed by atoms with van der Waals surface area (Å²) >= 11 is -3.66. The van der Waals surface area contributed by atoms with Crippen LogP contribution in [0.1, 0.15) is 58.2 Å². The second kappa shape index (κ2) is 9.73. The Hall–Kier alpha value is -1.58. The zero-order valence-corrected chi connectivity index (χ0v) is 23.6. The van der Waals surface area contributed by atoms with Gasteiger partial charge in [-0.15, -0.1) is 0 Å². The zero-order chi connectivity index (χ0) is 23.5. The minimum atomic E-state index is -3.66. The second-order valence-electron chi connectivity index (χ2n) is 11.5. The van der Waals surface area contributed by atoms with Crippen LogP contribution in [0.3, 0.4) is 0 Å². The predicted molar refractivity (Wildman–Crippen MR) is 141 cm³/mol. The Morgan fingerprint density at radius 2 is 0.688 bits per heavy atom. The van der Waals surface area contributed by atoms with Crippen LogP contribution in [0.25, 0.3) is 0 Å². The fourth-order valence-electron chi connectivity index (χ4n) is 5.63. The van der Waals surface area contributed by atoms with Crippen molar-refractivity contribution in [1.29, 1.82) is 0 Å². The van der Waals surface area contributed by atoms with Crippen LogP contribution in [0.4, 0.5) is 0 Å². The Morgan fingerprint density at radius 3 is 0.906 bits per heavy atom. The minimum absolute atomic E-state index is 0.0500. The van der Waals surface area contributed by atoms with E-state index in [1.54, 1.807) is 0 Å². The Morgan fingerprint density at radius 1 is 0.469 bits per heavy atom. The Labute approximate surface area is 200 Å². The Balaban J connectivity index is 1.98. The van der Waals surface area contributed by atoms with Crippen molar-refractivity contribution in [2.45, 2.75) is 71.1 Å². The third-order valence-electron chi connectivity index (χ3n) is 6.98. The Bertz CT molecular complexity index is 845. The van der Waals surface area contributed by atoms with Gasteiger partial charge < -0.3 is 0 Å². The molecule has 0 radical (unpaired) electrons. The summed E-state index contributed by atoms with van der Waals surface area (Å²) in [6.07, 6.45) is 0. The van der Waals surface area contributed by atoms with Crippen LogP contribution in [0, 0.1) is 0 Å². The van der Waals surface area contributed by atoms with Gasteiger partial charge in [-0.25, -0.2) is 0 Å². The van der Waals surface area contributed by atoms with Gasteiger partial charge in [-0.05, 0) is 0 Å². The molecule has 1 nitrogen and oxygen atoms in total. The van der Waals surface area contributed by atoms with E-state index >= 15 is 0 Å². The molecule has 0 bridgehead atoms. The van der Waals surface area contributed by atoms with Crippen LogP contribution in [-0.2, 0) is 16.2 Å². The topological polar surface area (TPSA) is 20.2 Å². The maximum atomic E-state index is 12.6. The third-order valence-corrected chi connectivity index (χ3v) is 20.2. The molecule has 3 aromatic rings. The molecule has 3 rings (SSSR count). The van der Waals surface area contributed by atoms with Gasteiger partial charge in [-0.3, -0.25) is 0 Å². The van der Waals surface area contributed by atoms with Gasteiger partial charge in [0.05, 0.1) is 0 Å². The SMILES string of the molecule is CC(C)([CH2][Sn]([OH])([CH2]C(C)(C)c1ccccc1)[CH2]C(C)(C)c1ccccc1)c1ccccc1. The van der Waals surface area contributed by atoms with Crippen LogP contribution in [-0.4, -0.2) is 22.2 Å². The molecule has 0 heterocycles. The molecule has 0 amide bonds. The van der Waals surface area contributed by atoms with Crippen LogP contribution in [0.15, 0.2) is 91.0 Å². The molecule has 0 spiro atoms. The van der Waals surface area contributed by atoms with Crippen molar-refractivity contribution in [3.05, 3.63) is 108 Å². The van der Waals surface area contributed by atoms with Gasteiger partial charge >= 0.3 is 201 Å².